The Balaban J connectivity index is 2.15. The number of anilines is 1. The third-order valence-corrected chi connectivity index (χ3v) is 2.83. The standard InChI is InChI=1S/C14H17N3O2/c1-3-15-8-11-6-4-5-7-13(11)17-14(18)12-9-16-19-10(12)2/h4-7,9,15H,3,8H2,1-2H3,(H,17,18). The Morgan fingerprint density at radius 3 is 2.84 bits per heavy atom. The number of amides is 1. The Kier molecular flexibility index (Phi) is 4.30. The van der Waals surface area contributed by atoms with Gasteiger partial charge in [-0.1, -0.05) is 30.3 Å². The first kappa shape index (κ1) is 13.3. The number of para-hydroxylation sites is 1. The molecule has 2 aromatic rings. The number of rotatable bonds is 5. The van der Waals surface area contributed by atoms with Crippen LogP contribution in [-0.2, 0) is 6.54 Å². The zero-order valence-electron chi connectivity index (χ0n) is 11.1. The predicted octanol–water partition coefficient (Wildman–Crippen LogP) is 2.34. The topological polar surface area (TPSA) is 67.2 Å². The maximum absolute atomic E-state index is 12.1. The fraction of sp³-hybridized carbons (Fsp3) is 0.286. The van der Waals surface area contributed by atoms with E-state index in [4.69, 9.17) is 4.52 Å². The van der Waals surface area contributed by atoms with E-state index in [-0.39, 0.29) is 5.91 Å². The van der Waals surface area contributed by atoms with E-state index in [2.05, 4.69) is 15.8 Å². The molecule has 0 spiro atoms. The van der Waals surface area contributed by atoms with Gasteiger partial charge in [0.1, 0.15) is 11.3 Å². The van der Waals surface area contributed by atoms with Gasteiger partial charge in [-0.15, -0.1) is 0 Å². The van der Waals surface area contributed by atoms with Gasteiger partial charge in [-0.3, -0.25) is 4.79 Å². The zero-order valence-corrected chi connectivity index (χ0v) is 11.1. The number of benzene rings is 1. The summed E-state index contributed by atoms with van der Waals surface area (Å²) in [6, 6.07) is 7.71. The van der Waals surface area contributed by atoms with E-state index in [0.29, 0.717) is 11.3 Å². The Morgan fingerprint density at radius 2 is 2.16 bits per heavy atom. The van der Waals surface area contributed by atoms with E-state index in [1.165, 1.54) is 6.20 Å². The number of aromatic nitrogens is 1. The van der Waals surface area contributed by atoms with Gasteiger partial charge < -0.3 is 15.2 Å². The molecule has 0 bridgehead atoms. The first-order chi connectivity index (χ1) is 9.22. The molecule has 1 aromatic heterocycles. The van der Waals surface area contributed by atoms with Crippen LogP contribution in [0.3, 0.4) is 0 Å². The van der Waals surface area contributed by atoms with Crippen LogP contribution in [0, 0.1) is 6.92 Å². The largest absolute Gasteiger partial charge is 0.361 e. The highest BCUT2D eigenvalue weighted by molar-refractivity contribution is 6.05. The lowest BCUT2D eigenvalue weighted by atomic mass is 10.1. The second-order valence-corrected chi connectivity index (χ2v) is 4.19. The third-order valence-electron chi connectivity index (χ3n) is 2.83. The molecule has 0 unspecified atom stereocenters. The van der Waals surface area contributed by atoms with Crippen LogP contribution in [-0.4, -0.2) is 17.6 Å². The second-order valence-electron chi connectivity index (χ2n) is 4.19. The van der Waals surface area contributed by atoms with Gasteiger partial charge >= 0.3 is 0 Å². The van der Waals surface area contributed by atoms with E-state index in [1.54, 1.807) is 6.92 Å². The van der Waals surface area contributed by atoms with Gasteiger partial charge in [0.25, 0.3) is 5.91 Å². The van der Waals surface area contributed by atoms with Crippen molar-refractivity contribution >= 4 is 11.6 Å². The molecule has 0 fully saturated rings. The van der Waals surface area contributed by atoms with Crippen molar-refractivity contribution in [2.24, 2.45) is 0 Å². The number of nitrogens with zero attached hydrogens (tertiary/aromatic N) is 1. The number of hydrogen-bond donors (Lipinski definition) is 2. The summed E-state index contributed by atoms with van der Waals surface area (Å²) in [5.41, 5.74) is 2.30. The average molecular weight is 259 g/mol. The molecule has 2 N–H and O–H groups in total. The summed E-state index contributed by atoms with van der Waals surface area (Å²) in [5.74, 6) is 0.310. The van der Waals surface area contributed by atoms with Crippen LogP contribution in [0.2, 0.25) is 0 Å². The van der Waals surface area contributed by atoms with E-state index in [1.807, 2.05) is 31.2 Å². The molecule has 5 heteroatoms. The molecule has 0 aliphatic rings. The van der Waals surface area contributed by atoms with E-state index >= 15 is 0 Å². The van der Waals surface area contributed by atoms with Crippen LogP contribution >= 0.6 is 0 Å². The van der Waals surface area contributed by atoms with Crippen molar-refractivity contribution in [1.29, 1.82) is 0 Å². The lowest BCUT2D eigenvalue weighted by Gasteiger charge is -2.10. The molecule has 0 aliphatic carbocycles. The van der Waals surface area contributed by atoms with Gasteiger partial charge in [-0.2, -0.15) is 0 Å². The summed E-state index contributed by atoms with van der Waals surface area (Å²) in [4.78, 5) is 12.1. The number of carbonyl (C=O) groups is 1. The van der Waals surface area contributed by atoms with Gasteiger partial charge in [-0.05, 0) is 25.1 Å². The van der Waals surface area contributed by atoms with Gasteiger partial charge in [0, 0.05) is 12.2 Å². The molecule has 0 atom stereocenters. The van der Waals surface area contributed by atoms with Crippen molar-refractivity contribution in [2.45, 2.75) is 20.4 Å². The van der Waals surface area contributed by atoms with Crippen molar-refractivity contribution in [3.63, 3.8) is 0 Å². The van der Waals surface area contributed by atoms with Crippen molar-refractivity contribution in [3.05, 3.63) is 47.3 Å². The van der Waals surface area contributed by atoms with Crippen molar-refractivity contribution in [1.82, 2.24) is 10.5 Å². The summed E-state index contributed by atoms with van der Waals surface area (Å²) >= 11 is 0. The highest BCUT2D eigenvalue weighted by Crippen LogP contribution is 2.17. The minimum atomic E-state index is -0.206. The summed E-state index contributed by atoms with van der Waals surface area (Å²) in [6.07, 6.45) is 1.43. The molecule has 2 rings (SSSR count). The highest BCUT2D eigenvalue weighted by Gasteiger charge is 2.14. The van der Waals surface area contributed by atoms with Crippen LogP contribution in [0.5, 0.6) is 0 Å². The molecule has 1 heterocycles. The van der Waals surface area contributed by atoms with Gasteiger partial charge in [0.05, 0.1) is 6.20 Å². The molecular formula is C14H17N3O2. The predicted molar refractivity (Wildman–Crippen MR) is 73.0 cm³/mol. The lowest BCUT2D eigenvalue weighted by Crippen LogP contribution is -2.17. The molecule has 5 nitrogen and oxygen atoms in total. The first-order valence-corrected chi connectivity index (χ1v) is 6.23. The van der Waals surface area contributed by atoms with Crippen LogP contribution in [0.15, 0.2) is 35.0 Å². The maximum atomic E-state index is 12.1. The Labute approximate surface area is 112 Å². The number of nitrogens with one attached hydrogen (secondary N) is 2. The monoisotopic (exact) mass is 259 g/mol. The Hall–Kier alpha value is -2.14. The number of aryl methyl sites for hydroxylation is 1. The molecule has 1 aromatic carbocycles. The molecule has 100 valence electrons. The average Bonchev–Trinajstić information content (AvgIpc) is 2.84. The fourth-order valence-corrected chi connectivity index (χ4v) is 1.76. The van der Waals surface area contributed by atoms with Gasteiger partial charge in [0.2, 0.25) is 0 Å². The molecular weight excluding hydrogens is 242 g/mol. The summed E-state index contributed by atoms with van der Waals surface area (Å²) in [7, 11) is 0. The zero-order chi connectivity index (χ0) is 13.7. The molecule has 19 heavy (non-hydrogen) atoms. The van der Waals surface area contributed by atoms with E-state index in [9.17, 15) is 4.79 Å². The summed E-state index contributed by atoms with van der Waals surface area (Å²) < 4.78 is 4.90. The highest BCUT2D eigenvalue weighted by atomic mass is 16.5. The van der Waals surface area contributed by atoms with E-state index < -0.39 is 0 Å². The van der Waals surface area contributed by atoms with Gasteiger partial charge in [-0.25, -0.2) is 0 Å². The fourth-order valence-electron chi connectivity index (χ4n) is 1.76. The van der Waals surface area contributed by atoms with Crippen LogP contribution in [0.1, 0.15) is 28.6 Å². The maximum Gasteiger partial charge on any atom is 0.260 e. The van der Waals surface area contributed by atoms with Gasteiger partial charge in [0.15, 0.2) is 0 Å². The first-order valence-electron chi connectivity index (χ1n) is 6.23. The smallest absolute Gasteiger partial charge is 0.260 e. The normalized spacial score (nSPS) is 10.4. The summed E-state index contributed by atoms with van der Waals surface area (Å²) in [6.45, 7) is 5.36. The Morgan fingerprint density at radius 1 is 1.37 bits per heavy atom. The SMILES string of the molecule is CCNCc1ccccc1NC(=O)c1cnoc1C. The minimum Gasteiger partial charge on any atom is -0.361 e. The molecule has 0 aliphatic heterocycles. The number of carbonyl (C=O) groups excluding carboxylic acids is 1. The van der Waals surface area contributed by atoms with Crippen molar-refractivity contribution in [3.8, 4) is 0 Å². The molecule has 1 amide bonds. The third kappa shape index (κ3) is 3.20. The van der Waals surface area contributed by atoms with Crippen LogP contribution in [0.4, 0.5) is 5.69 Å². The van der Waals surface area contributed by atoms with E-state index in [0.717, 1.165) is 24.3 Å². The minimum absolute atomic E-state index is 0.206. The van der Waals surface area contributed by atoms with Crippen LogP contribution < -0.4 is 10.6 Å². The second kappa shape index (κ2) is 6.15. The summed E-state index contributed by atoms with van der Waals surface area (Å²) in [5, 5.41) is 9.73. The molecule has 0 saturated carbocycles. The quantitative estimate of drug-likeness (QED) is 0.865. The number of hydrogen-bond acceptors (Lipinski definition) is 4. The van der Waals surface area contributed by atoms with Crippen LogP contribution in [0.25, 0.3) is 0 Å². The molecule has 0 radical (unpaired) electrons. The van der Waals surface area contributed by atoms with Crippen molar-refractivity contribution in [2.75, 3.05) is 11.9 Å². The lowest BCUT2D eigenvalue weighted by molar-refractivity contribution is 0.102. The Bertz CT molecular complexity index is 563. The molecule has 0 saturated heterocycles. The van der Waals surface area contributed by atoms with Crippen molar-refractivity contribution < 1.29 is 9.32 Å².